The van der Waals surface area contributed by atoms with Gasteiger partial charge >= 0.3 is 0 Å². The number of carbonyl (C=O) groups is 1. The van der Waals surface area contributed by atoms with Gasteiger partial charge in [0.2, 0.25) is 0 Å². The zero-order valence-electron chi connectivity index (χ0n) is 15.0. The van der Waals surface area contributed by atoms with Crippen molar-refractivity contribution in [3.05, 3.63) is 52.0 Å². The first-order chi connectivity index (χ1) is 12.7. The highest BCUT2D eigenvalue weighted by molar-refractivity contribution is 7.12. The molecule has 0 unspecified atom stereocenters. The van der Waals surface area contributed by atoms with Crippen molar-refractivity contribution in [2.75, 3.05) is 26.3 Å². The van der Waals surface area contributed by atoms with Gasteiger partial charge in [-0.15, -0.1) is 11.3 Å². The van der Waals surface area contributed by atoms with Crippen molar-refractivity contribution in [2.45, 2.75) is 26.1 Å². The van der Waals surface area contributed by atoms with Gasteiger partial charge in [0.1, 0.15) is 0 Å². The van der Waals surface area contributed by atoms with Gasteiger partial charge in [0.15, 0.2) is 0 Å². The minimum atomic E-state index is 0.156. The maximum atomic E-state index is 12.7. The molecule has 5 nitrogen and oxygen atoms in total. The zero-order valence-corrected chi connectivity index (χ0v) is 15.8. The van der Waals surface area contributed by atoms with Crippen LogP contribution in [0.25, 0.3) is 0 Å². The lowest BCUT2D eigenvalue weighted by atomic mass is 9.91. The third-order valence-electron chi connectivity index (χ3n) is 5.43. The summed E-state index contributed by atoms with van der Waals surface area (Å²) in [6.45, 7) is 5.64. The van der Waals surface area contributed by atoms with Crippen molar-refractivity contribution in [1.29, 1.82) is 0 Å². The lowest BCUT2D eigenvalue weighted by molar-refractivity contribution is 0.0651. The van der Waals surface area contributed by atoms with Crippen LogP contribution in [0.1, 0.15) is 27.2 Å². The number of ether oxygens (including phenoxy) is 2. The highest BCUT2D eigenvalue weighted by Crippen LogP contribution is 2.36. The molecule has 0 radical (unpaired) electrons. The number of hydrogen-bond acceptors (Lipinski definition) is 5. The number of rotatable bonds is 6. The van der Waals surface area contributed by atoms with Crippen LogP contribution in [-0.4, -0.2) is 48.2 Å². The molecule has 26 heavy (non-hydrogen) atoms. The van der Waals surface area contributed by atoms with Gasteiger partial charge < -0.3 is 14.4 Å². The quantitative estimate of drug-likeness (QED) is 0.731. The van der Waals surface area contributed by atoms with Gasteiger partial charge in [-0.2, -0.15) is 0 Å². The minimum Gasteiger partial charge on any atom is -0.377 e. The topological polar surface area (TPSA) is 51.7 Å². The van der Waals surface area contributed by atoms with Crippen LogP contribution in [0.4, 0.5) is 0 Å². The maximum Gasteiger partial charge on any atom is 0.264 e. The first kappa shape index (κ1) is 17.6. The van der Waals surface area contributed by atoms with Crippen LogP contribution in [-0.2, 0) is 16.1 Å². The second-order valence-corrected chi connectivity index (χ2v) is 8.05. The normalized spacial score (nSPS) is 24.8. The lowest BCUT2D eigenvalue weighted by Crippen LogP contribution is -2.31. The SMILES string of the molecule is Cc1ccsc1C(=O)N1C[C@H]2[C@@H](CCOCc3ccncc3)CO[C@H]2C1. The fourth-order valence-electron chi connectivity index (χ4n) is 3.90. The van der Waals surface area contributed by atoms with Crippen molar-refractivity contribution in [1.82, 2.24) is 9.88 Å². The summed E-state index contributed by atoms with van der Waals surface area (Å²) < 4.78 is 11.8. The molecule has 0 spiro atoms. The van der Waals surface area contributed by atoms with Gasteiger partial charge in [-0.3, -0.25) is 9.78 Å². The molecule has 0 N–H and O–H groups in total. The predicted molar refractivity (Wildman–Crippen MR) is 100 cm³/mol. The number of fused-ring (bicyclic) bond motifs is 1. The van der Waals surface area contributed by atoms with Gasteiger partial charge in [0, 0.05) is 38.0 Å². The Morgan fingerprint density at radius 1 is 1.35 bits per heavy atom. The van der Waals surface area contributed by atoms with E-state index in [2.05, 4.69) is 4.98 Å². The molecule has 4 rings (SSSR count). The summed E-state index contributed by atoms with van der Waals surface area (Å²) in [6.07, 6.45) is 4.73. The molecule has 0 saturated carbocycles. The molecule has 2 aromatic rings. The summed E-state index contributed by atoms with van der Waals surface area (Å²) in [7, 11) is 0. The molecule has 2 aliphatic rings. The summed E-state index contributed by atoms with van der Waals surface area (Å²) in [4.78, 5) is 19.6. The Labute approximate surface area is 157 Å². The average molecular weight is 372 g/mol. The first-order valence-electron chi connectivity index (χ1n) is 9.14. The van der Waals surface area contributed by atoms with E-state index >= 15 is 0 Å². The molecule has 1 amide bonds. The molecule has 2 aliphatic heterocycles. The maximum absolute atomic E-state index is 12.7. The van der Waals surface area contributed by atoms with E-state index in [1.54, 1.807) is 12.4 Å². The Bertz CT molecular complexity index is 749. The molecular weight excluding hydrogens is 348 g/mol. The van der Waals surface area contributed by atoms with Gasteiger partial charge in [0.25, 0.3) is 5.91 Å². The Hall–Kier alpha value is -1.76. The number of aromatic nitrogens is 1. The van der Waals surface area contributed by atoms with E-state index in [0.29, 0.717) is 18.4 Å². The molecule has 2 saturated heterocycles. The zero-order chi connectivity index (χ0) is 17.9. The fourth-order valence-corrected chi connectivity index (χ4v) is 4.79. The van der Waals surface area contributed by atoms with E-state index in [1.165, 1.54) is 11.3 Å². The molecule has 3 atom stereocenters. The number of hydrogen-bond donors (Lipinski definition) is 0. The number of likely N-dealkylation sites (tertiary alicyclic amines) is 1. The third-order valence-corrected chi connectivity index (χ3v) is 6.44. The van der Waals surface area contributed by atoms with Crippen LogP contribution in [0.5, 0.6) is 0 Å². The average Bonchev–Trinajstić information content (AvgIpc) is 3.35. The van der Waals surface area contributed by atoms with E-state index in [9.17, 15) is 4.79 Å². The van der Waals surface area contributed by atoms with E-state index in [1.807, 2.05) is 35.4 Å². The van der Waals surface area contributed by atoms with Gasteiger partial charge in [0.05, 0.1) is 24.2 Å². The standard InChI is InChI=1S/C20H24N2O3S/c1-14-5-9-26-19(14)20(23)22-10-17-16(13-25-18(17)11-22)4-8-24-12-15-2-6-21-7-3-15/h2-3,5-7,9,16-18H,4,8,10-13H2,1H3/t16-,17-,18-/m0/s1. The van der Waals surface area contributed by atoms with Crippen molar-refractivity contribution in [3.8, 4) is 0 Å². The predicted octanol–water partition coefficient (Wildman–Crippen LogP) is 3.15. The summed E-state index contributed by atoms with van der Waals surface area (Å²) in [5.41, 5.74) is 2.21. The highest BCUT2D eigenvalue weighted by Gasteiger charge is 2.45. The summed E-state index contributed by atoms with van der Waals surface area (Å²) >= 11 is 1.53. The van der Waals surface area contributed by atoms with Crippen LogP contribution >= 0.6 is 11.3 Å². The van der Waals surface area contributed by atoms with Crippen LogP contribution < -0.4 is 0 Å². The first-order valence-corrected chi connectivity index (χ1v) is 10.0. The van der Waals surface area contributed by atoms with Crippen LogP contribution in [0.3, 0.4) is 0 Å². The molecule has 0 bridgehead atoms. The third kappa shape index (κ3) is 3.68. The van der Waals surface area contributed by atoms with Crippen LogP contribution in [0, 0.1) is 18.8 Å². The Morgan fingerprint density at radius 3 is 2.96 bits per heavy atom. The van der Waals surface area contributed by atoms with Crippen LogP contribution in [0.2, 0.25) is 0 Å². The van der Waals surface area contributed by atoms with E-state index < -0.39 is 0 Å². The second kappa shape index (κ2) is 7.86. The van der Waals surface area contributed by atoms with E-state index in [4.69, 9.17) is 9.47 Å². The minimum absolute atomic E-state index is 0.156. The molecule has 0 aromatic carbocycles. The van der Waals surface area contributed by atoms with E-state index in [-0.39, 0.29) is 12.0 Å². The van der Waals surface area contributed by atoms with Crippen molar-refractivity contribution in [3.63, 3.8) is 0 Å². The van der Waals surface area contributed by atoms with Crippen molar-refractivity contribution < 1.29 is 14.3 Å². The second-order valence-electron chi connectivity index (χ2n) is 7.14. The Kier molecular flexibility index (Phi) is 5.33. The Morgan fingerprint density at radius 2 is 2.19 bits per heavy atom. The summed E-state index contributed by atoms with van der Waals surface area (Å²) in [5, 5.41) is 1.99. The number of carbonyl (C=O) groups excluding carboxylic acids is 1. The fraction of sp³-hybridized carbons (Fsp3) is 0.500. The summed E-state index contributed by atoms with van der Waals surface area (Å²) in [6, 6.07) is 5.96. The molecule has 138 valence electrons. The number of aryl methyl sites for hydroxylation is 1. The van der Waals surface area contributed by atoms with Crippen LogP contribution in [0.15, 0.2) is 36.0 Å². The molecule has 4 heterocycles. The smallest absolute Gasteiger partial charge is 0.264 e. The molecular formula is C20H24N2O3S. The number of thiophene rings is 1. The molecule has 6 heteroatoms. The monoisotopic (exact) mass is 372 g/mol. The molecule has 2 fully saturated rings. The number of amides is 1. The number of nitrogens with zero attached hydrogens (tertiary/aromatic N) is 2. The van der Waals surface area contributed by atoms with Crippen molar-refractivity contribution in [2.24, 2.45) is 11.8 Å². The van der Waals surface area contributed by atoms with Gasteiger partial charge in [-0.1, -0.05) is 0 Å². The molecule has 2 aromatic heterocycles. The van der Waals surface area contributed by atoms with E-state index in [0.717, 1.165) is 48.7 Å². The summed E-state index contributed by atoms with van der Waals surface area (Å²) in [5.74, 6) is 1.06. The van der Waals surface area contributed by atoms with Crippen molar-refractivity contribution >= 4 is 17.2 Å². The highest BCUT2D eigenvalue weighted by atomic mass is 32.1. The molecule has 0 aliphatic carbocycles. The lowest BCUT2D eigenvalue weighted by Gasteiger charge is -2.19. The Balaban J connectivity index is 1.27. The largest absolute Gasteiger partial charge is 0.377 e. The number of pyridine rings is 1. The van der Waals surface area contributed by atoms with Gasteiger partial charge in [-0.25, -0.2) is 0 Å². The van der Waals surface area contributed by atoms with Gasteiger partial charge in [-0.05, 0) is 54.0 Å².